The summed E-state index contributed by atoms with van der Waals surface area (Å²) in [7, 11) is 0. The quantitative estimate of drug-likeness (QED) is 0.545. The van der Waals surface area contributed by atoms with Crippen LogP contribution in [0.15, 0.2) is 57.7 Å². The normalized spacial score (nSPS) is 10.7. The molecular formula is C15H10FN3O4. The lowest BCUT2D eigenvalue weighted by Crippen LogP contribution is -2.17. The molecule has 0 aliphatic heterocycles. The highest BCUT2D eigenvalue weighted by molar-refractivity contribution is 5.51. The van der Waals surface area contributed by atoms with Crippen molar-refractivity contribution in [2.24, 2.45) is 0 Å². The fourth-order valence-corrected chi connectivity index (χ4v) is 2.10. The third kappa shape index (κ3) is 3.00. The molecule has 0 atom stereocenters. The molecule has 8 heteroatoms. The smallest absolute Gasteiger partial charge is 0.388 e. The van der Waals surface area contributed by atoms with Gasteiger partial charge in [-0.25, -0.2) is 9.18 Å². The van der Waals surface area contributed by atoms with E-state index in [1.54, 1.807) is 6.07 Å². The molecule has 1 heterocycles. The molecule has 0 spiro atoms. The van der Waals surface area contributed by atoms with E-state index in [1.165, 1.54) is 42.5 Å². The highest BCUT2D eigenvalue weighted by atomic mass is 19.1. The van der Waals surface area contributed by atoms with Crippen molar-refractivity contribution in [2.75, 3.05) is 0 Å². The van der Waals surface area contributed by atoms with Gasteiger partial charge in [-0.3, -0.25) is 10.1 Å². The van der Waals surface area contributed by atoms with Crippen molar-refractivity contribution in [3.05, 3.63) is 80.6 Å². The molecule has 0 aliphatic carbocycles. The van der Waals surface area contributed by atoms with Crippen LogP contribution in [0.4, 0.5) is 10.1 Å². The average Bonchev–Trinajstić information content (AvgIpc) is 2.89. The van der Waals surface area contributed by atoms with Gasteiger partial charge >= 0.3 is 5.76 Å². The number of hydrogen-bond acceptors (Lipinski definition) is 5. The lowest BCUT2D eigenvalue weighted by molar-refractivity contribution is -0.385. The molecule has 0 saturated heterocycles. The Kier molecular flexibility index (Phi) is 3.71. The predicted molar refractivity (Wildman–Crippen MR) is 78.4 cm³/mol. The summed E-state index contributed by atoms with van der Waals surface area (Å²) in [6.45, 7) is -0.0965. The van der Waals surface area contributed by atoms with Gasteiger partial charge in [-0.15, -0.1) is 5.10 Å². The Bertz CT molecular complexity index is 915. The van der Waals surface area contributed by atoms with E-state index in [0.717, 1.165) is 4.68 Å². The molecule has 0 aliphatic rings. The van der Waals surface area contributed by atoms with Crippen LogP contribution in [0.25, 0.3) is 11.5 Å². The minimum atomic E-state index is -0.748. The Hall–Kier alpha value is -3.29. The fourth-order valence-electron chi connectivity index (χ4n) is 2.10. The van der Waals surface area contributed by atoms with Gasteiger partial charge < -0.3 is 4.42 Å². The van der Waals surface area contributed by atoms with Crippen molar-refractivity contribution in [1.82, 2.24) is 9.78 Å². The Balaban J connectivity index is 1.95. The van der Waals surface area contributed by atoms with E-state index < -0.39 is 16.5 Å². The molecule has 0 saturated carbocycles. The molecule has 116 valence electrons. The molecule has 0 amide bonds. The van der Waals surface area contributed by atoms with Crippen LogP contribution in [0.1, 0.15) is 5.56 Å². The van der Waals surface area contributed by atoms with Gasteiger partial charge in [0.15, 0.2) is 0 Å². The van der Waals surface area contributed by atoms with Crippen LogP contribution >= 0.6 is 0 Å². The SMILES string of the molecule is O=c1oc(-c2ccc(F)cc2)nn1Cc1ccccc1[N+](=O)[O-]. The molecular weight excluding hydrogens is 305 g/mol. The third-order valence-electron chi connectivity index (χ3n) is 3.21. The summed E-state index contributed by atoms with van der Waals surface area (Å²) >= 11 is 0. The highest BCUT2D eigenvalue weighted by Crippen LogP contribution is 2.19. The number of aromatic nitrogens is 2. The Morgan fingerprint density at radius 1 is 1.17 bits per heavy atom. The molecule has 3 rings (SSSR count). The summed E-state index contributed by atoms with van der Waals surface area (Å²) in [5, 5.41) is 15.0. The molecule has 0 bridgehead atoms. The van der Waals surface area contributed by atoms with Gasteiger partial charge in [-0.05, 0) is 24.3 Å². The Morgan fingerprint density at radius 3 is 2.57 bits per heavy atom. The van der Waals surface area contributed by atoms with Gasteiger partial charge in [0.05, 0.1) is 17.0 Å². The van der Waals surface area contributed by atoms with Crippen molar-refractivity contribution in [3.63, 3.8) is 0 Å². The zero-order valence-electron chi connectivity index (χ0n) is 11.7. The monoisotopic (exact) mass is 315 g/mol. The molecule has 7 nitrogen and oxygen atoms in total. The summed E-state index contributed by atoms with van der Waals surface area (Å²) < 4.78 is 18.9. The maximum absolute atomic E-state index is 12.9. The van der Waals surface area contributed by atoms with Crippen LogP contribution in [0.2, 0.25) is 0 Å². The number of nitro groups is 1. The van der Waals surface area contributed by atoms with Crippen LogP contribution in [0.5, 0.6) is 0 Å². The first-order chi connectivity index (χ1) is 11.0. The van der Waals surface area contributed by atoms with Gasteiger partial charge in [-0.2, -0.15) is 4.68 Å². The molecule has 0 radical (unpaired) electrons. The second-order valence-corrected chi connectivity index (χ2v) is 4.72. The van der Waals surface area contributed by atoms with E-state index in [0.29, 0.717) is 11.1 Å². The minimum Gasteiger partial charge on any atom is -0.388 e. The van der Waals surface area contributed by atoms with E-state index in [-0.39, 0.29) is 18.1 Å². The van der Waals surface area contributed by atoms with Crippen molar-refractivity contribution in [1.29, 1.82) is 0 Å². The third-order valence-corrected chi connectivity index (χ3v) is 3.21. The first kappa shape index (κ1) is 14.6. The summed E-state index contributed by atoms with van der Waals surface area (Å²) in [5.41, 5.74) is 0.661. The Morgan fingerprint density at radius 2 is 1.87 bits per heavy atom. The van der Waals surface area contributed by atoms with E-state index >= 15 is 0 Å². The van der Waals surface area contributed by atoms with Crippen LogP contribution in [-0.2, 0) is 6.54 Å². The lowest BCUT2D eigenvalue weighted by Gasteiger charge is -2.01. The number of nitrogens with zero attached hydrogens (tertiary/aromatic N) is 3. The highest BCUT2D eigenvalue weighted by Gasteiger charge is 2.16. The number of benzene rings is 2. The van der Waals surface area contributed by atoms with Crippen molar-refractivity contribution >= 4 is 5.69 Å². The minimum absolute atomic E-state index is 0.0218. The Labute approximate surface area is 128 Å². The summed E-state index contributed by atoms with van der Waals surface area (Å²) in [6, 6.07) is 11.3. The number of rotatable bonds is 4. The zero-order chi connectivity index (χ0) is 16.4. The van der Waals surface area contributed by atoms with Gasteiger partial charge in [0.1, 0.15) is 5.82 Å². The first-order valence-corrected chi connectivity index (χ1v) is 6.61. The number of nitro benzene ring substituents is 1. The largest absolute Gasteiger partial charge is 0.437 e. The van der Waals surface area contributed by atoms with Gasteiger partial charge in [0, 0.05) is 11.6 Å². The lowest BCUT2D eigenvalue weighted by atomic mass is 10.2. The molecule has 3 aromatic rings. The van der Waals surface area contributed by atoms with Crippen LogP contribution in [0, 0.1) is 15.9 Å². The van der Waals surface area contributed by atoms with Gasteiger partial charge in [-0.1, -0.05) is 18.2 Å². The van der Waals surface area contributed by atoms with Crippen molar-refractivity contribution in [2.45, 2.75) is 6.54 Å². The van der Waals surface area contributed by atoms with E-state index in [1.807, 2.05) is 0 Å². The van der Waals surface area contributed by atoms with Crippen molar-refractivity contribution in [3.8, 4) is 11.5 Å². The first-order valence-electron chi connectivity index (χ1n) is 6.61. The van der Waals surface area contributed by atoms with Gasteiger partial charge in [0.25, 0.3) is 5.69 Å². The molecule has 2 aromatic carbocycles. The van der Waals surface area contributed by atoms with E-state index in [9.17, 15) is 19.3 Å². The molecule has 0 unspecified atom stereocenters. The number of para-hydroxylation sites is 1. The van der Waals surface area contributed by atoms with E-state index in [4.69, 9.17) is 4.42 Å². The molecule has 1 aromatic heterocycles. The van der Waals surface area contributed by atoms with Crippen LogP contribution in [0.3, 0.4) is 0 Å². The van der Waals surface area contributed by atoms with Crippen LogP contribution in [-0.4, -0.2) is 14.7 Å². The van der Waals surface area contributed by atoms with Crippen LogP contribution < -0.4 is 5.76 Å². The molecule has 23 heavy (non-hydrogen) atoms. The second kappa shape index (κ2) is 5.84. The van der Waals surface area contributed by atoms with Crippen molar-refractivity contribution < 1.29 is 13.7 Å². The summed E-state index contributed by atoms with van der Waals surface area (Å²) in [5.74, 6) is -1.15. The number of hydrogen-bond donors (Lipinski definition) is 0. The fraction of sp³-hybridized carbons (Fsp3) is 0.0667. The zero-order valence-corrected chi connectivity index (χ0v) is 11.7. The predicted octanol–water partition coefficient (Wildman–Crippen LogP) is 2.60. The van der Waals surface area contributed by atoms with Gasteiger partial charge in [0.2, 0.25) is 5.89 Å². The molecule has 0 fully saturated rings. The maximum Gasteiger partial charge on any atom is 0.437 e. The number of halogens is 1. The average molecular weight is 315 g/mol. The van der Waals surface area contributed by atoms with E-state index in [2.05, 4.69) is 5.10 Å². The molecule has 0 N–H and O–H groups in total. The summed E-state index contributed by atoms with van der Waals surface area (Å²) in [6.07, 6.45) is 0. The maximum atomic E-state index is 12.9. The topological polar surface area (TPSA) is 91.2 Å². The standard InChI is InChI=1S/C15H10FN3O4/c16-12-7-5-10(6-8-12)14-17-18(15(20)23-14)9-11-3-1-2-4-13(11)19(21)22/h1-8H,9H2. The second-order valence-electron chi connectivity index (χ2n) is 4.72. The summed E-state index contributed by atoms with van der Waals surface area (Å²) in [4.78, 5) is 22.3.